The molecule has 1 N–H and O–H groups in total. The number of aromatic nitrogens is 2. The van der Waals surface area contributed by atoms with Crippen LogP contribution in [0.15, 0.2) is 59.5 Å². The van der Waals surface area contributed by atoms with E-state index in [4.69, 9.17) is 0 Å². The quantitative estimate of drug-likeness (QED) is 0.792. The normalized spacial score (nSPS) is 11.5. The molecule has 1 amide bonds. The number of hydrogen-bond donors (Lipinski definition) is 1. The second kappa shape index (κ2) is 6.39. The van der Waals surface area contributed by atoms with E-state index in [0.717, 1.165) is 30.5 Å². The molecule has 8 heteroatoms. The van der Waals surface area contributed by atoms with Crippen LogP contribution in [0.1, 0.15) is 5.56 Å². The Kier molecular flexibility index (Phi) is 4.26. The Bertz CT molecular complexity index is 979. The smallest absolute Gasteiger partial charge is 0.325 e. The first-order chi connectivity index (χ1) is 11.8. The SMILES string of the molecule is O=C(Cn1c(=O)cnc2ccccc21)Nc1ccc(C(F)(F)F)cc1. The number of carbonyl (C=O) groups is 1. The first-order valence-corrected chi connectivity index (χ1v) is 7.26. The van der Waals surface area contributed by atoms with Gasteiger partial charge in [-0.25, -0.2) is 4.98 Å². The van der Waals surface area contributed by atoms with Gasteiger partial charge in [0.2, 0.25) is 5.91 Å². The highest BCUT2D eigenvalue weighted by atomic mass is 19.4. The number of alkyl halides is 3. The monoisotopic (exact) mass is 347 g/mol. The Hall–Kier alpha value is -3.16. The van der Waals surface area contributed by atoms with Gasteiger partial charge in [0.15, 0.2) is 0 Å². The van der Waals surface area contributed by atoms with Crippen molar-refractivity contribution in [3.05, 3.63) is 70.6 Å². The van der Waals surface area contributed by atoms with Crippen LogP contribution < -0.4 is 10.9 Å². The summed E-state index contributed by atoms with van der Waals surface area (Å²) in [7, 11) is 0. The van der Waals surface area contributed by atoms with Gasteiger partial charge in [0.05, 0.1) is 22.8 Å². The summed E-state index contributed by atoms with van der Waals surface area (Å²) in [5.74, 6) is -0.529. The van der Waals surface area contributed by atoms with Crippen LogP contribution in [0.5, 0.6) is 0 Å². The van der Waals surface area contributed by atoms with Crippen LogP contribution in [0.4, 0.5) is 18.9 Å². The predicted molar refractivity (Wildman–Crippen MR) is 86.1 cm³/mol. The number of amides is 1. The van der Waals surface area contributed by atoms with E-state index in [1.807, 2.05) is 0 Å². The zero-order valence-electron chi connectivity index (χ0n) is 12.7. The molecule has 0 spiro atoms. The van der Waals surface area contributed by atoms with Crippen molar-refractivity contribution in [3.63, 3.8) is 0 Å². The average molecular weight is 347 g/mol. The molecule has 0 fully saturated rings. The highest BCUT2D eigenvalue weighted by molar-refractivity contribution is 5.91. The second-order valence-electron chi connectivity index (χ2n) is 5.29. The van der Waals surface area contributed by atoms with Crippen LogP contribution in [0.3, 0.4) is 0 Å². The third-order valence-corrected chi connectivity index (χ3v) is 3.55. The van der Waals surface area contributed by atoms with Gasteiger partial charge in [0.1, 0.15) is 6.54 Å². The molecule has 0 radical (unpaired) electrons. The average Bonchev–Trinajstić information content (AvgIpc) is 2.57. The fourth-order valence-electron chi connectivity index (χ4n) is 2.36. The molecule has 0 atom stereocenters. The van der Waals surface area contributed by atoms with E-state index in [9.17, 15) is 22.8 Å². The number of nitrogens with zero attached hydrogens (tertiary/aromatic N) is 2. The van der Waals surface area contributed by atoms with Crippen molar-refractivity contribution in [2.24, 2.45) is 0 Å². The van der Waals surface area contributed by atoms with Gasteiger partial charge in [-0.05, 0) is 36.4 Å². The van der Waals surface area contributed by atoms with Crippen LogP contribution in [0, 0.1) is 0 Å². The Morgan fingerprint density at radius 3 is 2.44 bits per heavy atom. The Labute approximate surface area is 139 Å². The number of halogens is 3. The molecule has 3 rings (SSSR count). The second-order valence-corrected chi connectivity index (χ2v) is 5.29. The topological polar surface area (TPSA) is 64.0 Å². The van der Waals surface area contributed by atoms with Crippen molar-refractivity contribution in [2.45, 2.75) is 12.7 Å². The molecule has 0 bridgehead atoms. The highest BCUT2D eigenvalue weighted by Gasteiger charge is 2.29. The summed E-state index contributed by atoms with van der Waals surface area (Å²) in [5, 5.41) is 2.47. The standard InChI is InChI=1S/C17H12F3N3O2/c18-17(19,20)11-5-7-12(8-6-11)22-15(24)10-23-14-4-2-1-3-13(14)21-9-16(23)25/h1-9H,10H2,(H,22,24). The van der Waals surface area contributed by atoms with Gasteiger partial charge >= 0.3 is 6.18 Å². The molecular formula is C17H12F3N3O2. The van der Waals surface area contributed by atoms with Crippen LogP contribution in [-0.4, -0.2) is 15.5 Å². The van der Waals surface area contributed by atoms with Crippen LogP contribution in [0.2, 0.25) is 0 Å². The van der Waals surface area contributed by atoms with Gasteiger partial charge in [0, 0.05) is 5.69 Å². The third kappa shape index (κ3) is 3.68. The lowest BCUT2D eigenvalue weighted by atomic mass is 10.2. The minimum Gasteiger partial charge on any atom is -0.325 e. The lowest BCUT2D eigenvalue weighted by Crippen LogP contribution is -2.28. The number of para-hydroxylation sites is 2. The van der Waals surface area contributed by atoms with Crippen molar-refractivity contribution >= 4 is 22.6 Å². The maximum Gasteiger partial charge on any atom is 0.416 e. The lowest BCUT2D eigenvalue weighted by Gasteiger charge is -2.11. The molecule has 0 saturated heterocycles. The summed E-state index contributed by atoms with van der Waals surface area (Å²) in [6.45, 7) is -0.275. The number of rotatable bonds is 3. The fraction of sp³-hybridized carbons (Fsp3) is 0.118. The predicted octanol–water partition coefficient (Wildman–Crippen LogP) is 3.05. The maximum absolute atomic E-state index is 12.5. The maximum atomic E-state index is 12.5. The zero-order chi connectivity index (χ0) is 18.0. The molecule has 0 aliphatic rings. The minimum absolute atomic E-state index is 0.212. The van der Waals surface area contributed by atoms with Crippen LogP contribution in [-0.2, 0) is 17.5 Å². The summed E-state index contributed by atoms with van der Waals surface area (Å²) in [5.41, 5.74) is 0.0227. The molecule has 1 aromatic heterocycles. The van der Waals surface area contributed by atoms with Crippen molar-refractivity contribution in [1.29, 1.82) is 0 Å². The van der Waals surface area contributed by atoms with Crippen molar-refractivity contribution in [3.8, 4) is 0 Å². The Morgan fingerprint density at radius 1 is 1.08 bits per heavy atom. The van der Waals surface area contributed by atoms with E-state index in [1.54, 1.807) is 24.3 Å². The summed E-state index contributed by atoms with van der Waals surface area (Å²) in [6, 6.07) is 10.9. The highest BCUT2D eigenvalue weighted by Crippen LogP contribution is 2.29. The number of benzene rings is 2. The van der Waals surface area contributed by atoms with Gasteiger partial charge in [-0.3, -0.25) is 14.2 Å². The first kappa shape index (κ1) is 16.7. The van der Waals surface area contributed by atoms with E-state index >= 15 is 0 Å². The van der Waals surface area contributed by atoms with E-state index in [2.05, 4.69) is 10.3 Å². The summed E-state index contributed by atoms with van der Waals surface area (Å²) in [6.07, 6.45) is -3.32. The molecule has 2 aromatic carbocycles. The van der Waals surface area contributed by atoms with Crippen molar-refractivity contribution in [1.82, 2.24) is 9.55 Å². The molecule has 1 heterocycles. The number of carbonyl (C=O) groups excluding carboxylic acids is 1. The summed E-state index contributed by atoms with van der Waals surface area (Å²) in [4.78, 5) is 28.1. The molecule has 25 heavy (non-hydrogen) atoms. The summed E-state index contributed by atoms with van der Waals surface area (Å²) >= 11 is 0. The Morgan fingerprint density at radius 2 is 1.76 bits per heavy atom. The van der Waals surface area contributed by atoms with Crippen molar-refractivity contribution < 1.29 is 18.0 Å². The van der Waals surface area contributed by atoms with E-state index in [1.165, 1.54) is 4.57 Å². The van der Waals surface area contributed by atoms with Crippen LogP contribution >= 0.6 is 0 Å². The molecule has 5 nitrogen and oxygen atoms in total. The fourth-order valence-corrected chi connectivity index (χ4v) is 2.36. The molecular weight excluding hydrogens is 335 g/mol. The zero-order valence-corrected chi connectivity index (χ0v) is 12.7. The van der Waals surface area contributed by atoms with Gasteiger partial charge in [0.25, 0.3) is 5.56 Å². The number of hydrogen-bond acceptors (Lipinski definition) is 3. The number of anilines is 1. The van der Waals surface area contributed by atoms with E-state index in [0.29, 0.717) is 11.0 Å². The molecule has 0 aliphatic carbocycles. The van der Waals surface area contributed by atoms with Gasteiger partial charge in [-0.2, -0.15) is 13.2 Å². The van der Waals surface area contributed by atoms with E-state index in [-0.39, 0.29) is 12.2 Å². The number of nitrogens with one attached hydrogen (secondary N) is 1. The lowest BCUT2D eigenvalue weighted by molar-refractivity contribution is -0.137. The van der Waals surface area contributed by atoms with Crippen molar-refractivity contribution in [2.75, 3.05) is 5.32 Å². The molecule has 0 unspecified atom stereocenters. The minimum atomic E-state index is -4.44. The molecule has 128 valence electrons. The molecule has 0 aliphatic heterocycles. The number of fused-ring (bicyclic) bond motifs is 1. The summed E-state index contributed by atoms with van der Waals surface area (Å²) < 4.78 is 38.8. The van der Waals surface area contributed by atoms with Gasteiger partial charge < -0.3 is 5.32 Å². The molecule has 0 saturated carbocycles. The van der Waals surface area contributed by atoms with Gasteiger partial charge in [-0.1, -0.05) is 12.1 Å². The van der Waals surface area contributed by atoms with Crippen LogP contribution in [0.25, 0.3) is 11.0 Å². The molecule has 3 aromatic rings. The van der Waals surface area contributed by atoms with Gasteiger partial charge in [-0.15, -0.1) is 0 Å². The largest absolute Gasteiger partial charge is 0.416 e. The third-order valence-electron chi connectivity index (χ3n) is 3.55. The van der Waals surface area contributed by atoms with E-state index < -0.39 is 23.2 Å². The first-order valence-electron chi connectivity index (χ1n) is 7.26. The Balaban J connectivity index is 1.80.